The molecular weight excluding hydrogens is 200 g/mol. The highest BCUT2D eigenvalue weighted by atomic mass is 16.5. The Kier molecular flexibility index (Phi) is 5.73. The molecule has 0 saturated carbocycles. The third kappa shape index (κ3) is 5.28. The largest absolute Gasteiger partial charge is 0.385 e. The van der Waals surface area contributed by atoms with E-state index in [1.807, 2.05) is 0 Å². The molecular formula is C13H28N2O. The number of nitrogens with zero attached hydrogens (tertiary/aromatic N) is 1. The first-order valence-electron chi connectivity index (χ1n) is 6.51. The Hall–Kier alpha value is -0.120. The summed E-state index contributed by atoms with van der Waals surface area (Å²) in [7, 11) is 1.78. The summed E-state index contributed by atoms with van der Waals surface area (Å²) in [6.07, 6.45) is 3.85. The van der Waals surface area contributed by atoms with E-state index >= 15 is 0 Å². The van der Waals surface area contributed by atoms with Crippen LogP contribution in [-0.4, -0.2) is 49.8 Å². The molecule has 0 aromatic carbocycles. The molecule has 0 aromatic rings. The number of hydrogen-bond donors (Lipinski definition) is 1. The van der Waals surface area contributed by atoms with Gasteiger partial charge in [0.25, 0.3) is 0 Å². The van der Waals surface area contributed by atoms with Crippen molar-refractivity contribution in [1.29, 1.82) is 0 Å². The van der Waals surface area contributed by atoms with Crippen molar-refractivity contribution in [2.24, 2.45) is 0 Å². The van der Waals surface area contributed by atoms with Crippen LogP contribution < -0.4 is 5.32 Å². The topological polar surface area (TPSA) is 24.5 Å². The van der Waals surface area contributed by atoms with E-state index in [4.69, 9.17) is 4.74 Å². The van der Waals surface area contributed by atoms with Crippen molar-refractivity contribution in [2.75, 3.05) is 33.4 Å². The fraction of sp³-hybridized carbons (Fsp3) is 1.00. The standard InChI is InChI=1S/C13H28N2O/c1-13(2,3)14-11-12-7-5-8-15(12)9-6-10-16-4/h12,14H,5-11H2,1-4H3. The van der Waals surface area contributed by atoms with Crippen LogP contribution in [0.1, 0.15) is 40.0 Å². The number of nitrogens with one attached hydrogen (secondary N) is 1. The second-order valence-corrected chi connectivity index (χ2v) is 5.81. The van der Waals surface area contributed by atoms with E-state index in [9.17, 15) is 0 Å². The molecule has 3 heteroatoms. The average molecular weight is 228 g/mol. The van der Waals surface area contributed by atoms with Gasteiger partial charge in [-0.2, -0.15) is 0 Å². The van der Waals surface area contributed by atoms with Crippen molar-refractivity contribution in [3.8, 4) is 0 Å². The maximum absolute atomic E-state index is 5.11. The number of methoxy groups -OCH3 is 1. The lowest BCUT2D eigenvalue weighted by Crippen LogP contribution is -2.45. The van der Waals surface area contributed by atoms with Gasteiger partial charge in [-0.1, -0.05) is 0 Å². The summed E-state index contributed by atoms with van der Waals surface area (Å²) in [6.45, 7) is 11.2. The molecule has 0 bridgehead atoms. The van der Waals surface area contributed by atoms with Crippen LogP contribution in [0, 0.1) is 0 Å². The summed E-state index contributed by atoms with van der Waals surface area (Å²) in [5.74, 6) is 0. The van der Waals surface area contributed by atoms with Gasteiger partial charge in [-0.15, -0.1) is 0 Å². The summed E-state index contributed by atoms with van der Waals surface area (Å²) in [4.78, 5) is 2.61. The molecule has 0 aromatic heterocycles. The minimum atomic E-state index is 0.237. The molecule has 1 rings (SSSR count). The summed E-state index contributed by atoms with van der Waals surface area (Å²) in [6, 6.07) is 0.732. The molecule has 1 heterocycles. The molecule has 0 radical (unpaired) electrons. The van der Waals surface area contributed by atoms with E-state index in [-0.39, 0.29) is 5.54 Å². The summed E-state index contributed by atoms with van der Waals surface area (Å²) in [5.41, 5.74) is 0.237. The van der Waals surface area contributed by atoms with Gasteiger partial charge in [-0.3, -0.25) is 4.90 Å². The van der Waals surface area contributed by atoms with Crippen LogP contribution >= 0.6 is 0 Å². The number of rotatable bonds is 6. The molecule has 0 spiro atoms. The smallest absolute Gasteiger partial charge is 0.0474 e. The van der Waals surface area contributed by atoms with Gasteiger partial charge in [0, 0.05) is 38.4 Å². The maximum atomic E-state index is 5.11. The van der Waals surface area contributed by atoms with Gasteiger partial charge in [0.1, 0.15) is 0 Å². The van der Waals surface area contributed by atoms with Gasteiger partial charge >= 0.3 is 0 Å². The SMILES string of the molecule is COCCCN1CCCC1CNC(C)(C)C. The van der Waals surface area contributed by atoms with Crippen LogP contribution in [0.4, 0.5) is 0 Å². The molecule has 16 heavy (non-hydrogen) atoms. The molecule has 1 aliphatic heterocycles. The first kappa shape index (κ1) is 13.9. The quantitative estimate of drug-likeness (QED) is 0.703. The van der Waals surface area contributed by atoms with Gasteiger partial charge in [0.05, 0.1) is 0 Å². The van der Waals surface area contributed by atoms with Crippen LogP contribution in [0.15, 0.2) is 0 Å². The predicted molar refractivity (Wildman–Crippen MR) is 68.8 cm³/mol. The Bertz CT molecular complexity index is 189. The van der Waals surface area contributed by atoms with Crippen molar-refractivity contribution < 1.29 is 4.74 Å². The fourth-order valence-electron chi connectivity index (χ4n) is 2.26. The van der Waals surface area contributed by atoms with Gasteiger partial charge in [-0.25, -0.2) is 0 Å². The highest BCUT2D eigenvalue weighted by Crippen LogP contribution is 2.17. The average Bonchev–Trinajstić information content (AvgIpc) is 2.62. The van der Waals surface area contributed by atoms with E-state index in [1.54, 1.807) is 7.11 Å². The fourth-order valence-corrected chi connectivity index (χ4v) is 2.26. The van der Waals surface area contributed by atoms with Gasteiger partial charge in [-0.05, 0) is 46.6 Å². The van der Waals surface area contributed by atoms with E-state index in [1.165, 1.54) is 25.9 Å². The summed E-state index contributed by atoms with van der Waals surface area (Å²) >= 11 is 0. The molecule has 3 nitrogen and oxygen atoms in total. The normalized spacial score (nSPS) is 22.9. The van der Waals surface area contributed by atoms with Crippen molar-refractivity contribution in [1.82, 2.24) is 10.2 Å². The minimum absolute atomic E-state index is 0.237. The first-order valence-corrected chi connectivity index (χ1v) is 6.51. The van der Waals surface area contributed by atoms with Crippen LogP contribution in [0.2, 0.25) is 0 Å². The predicted octanol–water partition coefficient (Wildman–Crippen LogP) is 1.88. The van der Waals surface area contributed by atoms with E-state index < -0.39 is 0 Å². The maximum Gasteiger partial charge on any atom is 0.0474 e. The zero-order chi connectivity index (χ0) is 12.0. The Morgan fingerprint density at radius 3 is 2.75 bits per heavy atom. The van der Waals surface area contributed by atoms with Crippen LogP contribution in [0.25, 0.3) is 0 Å². The first-order chi connectivity index (χ1) is 7.53. The van der Waals surface area contributed by atoms with Crippen molar-refractivity contribution in [2.45, 2.75) is 51.6 Å². The van der Waals surface area contributed by atoms with Gasteiger partial charge in [0.15, 0.2) is 0 Å². The second-order valence-electron chi connectivity index (χ2n) is 5.81. The Morgan fingerprint density at radius 1 is 1.38 bits per heavy atom. The molecule has 0 amide bonds. The molecule has 1 unspecified atom stereocenters. The third-order valence-electron chi connectivity index (χ3n) is 3.16. The molecule has 96 valence electrons. The van der Waals surface area contributed by atoms with E-state index in [0.29, 0.717) is 0 Å². The molecule has 0 aliphatic carbocycles. The van der Waals surface area contributed by atoms with Crippen molar-refractivity contribution >= 4 is 0 Å². The van der Waals surface area contributed by atoms with Crippen molar-refractivity contribution in [3.05, 3.63) is 0 Å². The molecule has 1 aliphatic rings. The Morgan fingerprint density at radius 2 is 2.12 bits per heavy atom. The summed E-state index contributed by atoms with van der Waals surface area (Å²) < 4.78 is 5.11. The number of likely N-dealkylation sites (tertiary alicyclic amines) is 1. The van der Waals surface area contributed by atoms with E-state index in [2.05, 4.69) is 31.0 Å². The zero-order valence-electron chi connectivity index (χ0n) is 11.4. The number of ether oxygens (including phenoxy) is 1. The lowest BCUT2D eigenvalue weighted by molar-refractivity contribution is 0.164. The second kappa shape index (κ2) is 6.58. The summed E-state index contributed by atoms with van der Waals surface area (Å²) in [5, 5.41) is 3.61. The van der Waals surface area contributed by atoms with Crippen LogP contribution in [0.3, 0.4) is 0 Å². The highest BCUT2D eigenvalue weighted by molar-refractivity contribution is 4.83. The monoisotopic (exact) mass is 228 g/mol. The van der Waals surface area contributed by atoms with Gasteiger partial charge < -0.3 is 10.1 Å². The van der Waals surface area contributed by atoms with Crippen molar-refractivity contribution in [3.63, 3.8) is 0 Å². The molecule has 1 N–H and O–H groups in total. The molecule has 1 atom stereocenters. The number of hydrogen-bond acceptors (Lipinski definition) is 3. The lowest BCUT2D eigenvalue weighted by Gasteiger charge is -2.28. The third-order valence-corrected chi connectivity index (χ3v) is 3.16. The van der Waals surface area contributed by atoms with Crippen LogP contribution in [0.5, 0.6) is 0 Å². The van der Waals surface area contributed by atoms with E-state index in [0.717, 1.165) is 25.6 Å². The minimum Gasteiger partial charge on any atom is -0.385 e. The van der Waals surface area contributed by atoms with Gasteiger partial charge in [0.2, 0.25) is 0 Å². The zero-order valence-corrected chi connectivity index (χ0v) is 11.4. The molecule has 1 fully saturated rings. The van der Waals surface area contributed by atoms with Crippen LogP contribution in [-0.2, 0) is 4.74 Å². The Labute approximate surface area is 101 Å². The highest BCUT2D eigenvalue weighted by Gasteiger charge is 2.24. The molecule has 1 saturated heterocycles. The Balaban J connectivity index is 2.23. The lowest BCUT2D eigenvalue weighted by atomic mass is 10.1.